The van der Waals surface area contributed by atoms with Crippen LogP contribution in [0, 0.1) is 11.8 Å². The van der Waals surface area contributed by atoms with Crippen LogP contribution in [0.1, 0.15) is 65.9 Å². The number of esters is 1. The Morgan fingerprint density at radius 2 is 1.75 bits per heavy atom. The maximum atomic E-state index is 12.8. The van der Waals surface area contributed by atoms with Crippen molar-refractivity contribution in [2.24, 2.45) is 11.8 Å². The van der Waals surface area contributed by atoms with E-state index in [0.717, 1.165) is 31.2 Å². The monoisotopic (exact) mass is 460 g/mol. The topological polar surface area (TPSA) is 44.8 Å². The highest BCUT2D eigenvalue weighted by atomic mass is 28.4. The summed E-state index contributed by atoms with van der Waals surface area (Å²) in [7, 11) is -1.87. The van der Waals surface area contributed by atoms with Crippen molar-refractivity contribution in [2.45, 2.75) is 97.2 Å². The van der Waals surface area contributed by atoms with E-state index in [1.54, 1.807) is 0 Å². The van der Waals surface area contributed by atoms with Gasteiger partial charge in [0, 0.05) is 6.10 Å². The van der Waals surface area contributed by atoms with Crippen molar-refractivity contribution >= 4 is 14.3 Å². The van der Waals surface area contributed by atoms with E-state index in [-0.39, 0.29) is 29.1 Å². The molecule has 0 bridgehead atoms. The lowest BCUT2D eigenvalue weighted by atomic mass is 9.92. The summed E-state index contributed by atoms with van der Waals surface area (Å²) < 4.78 is 18.5. The molecule has 0 spiro atoms. The molecule has 0 fully saturated rings. The van der Waals surface area contributed by atoms with Crippen molar-refractivity contribution in [3.05, 3.63) is 48.0 Å². The Bertz CT molecular complexity index is 723. The van der Waals surface area contributed by atoms with E-state index >= 15 is 0 Å². The number of carbonyl (C=O) groups is 1. The minimum atomic E-state index is -1.87. The first kappa shape index (κ1) is 26.8. The van der Waals surface area contributed by atoms with Gasteiger partial charge in [-0.2, -0.15) is 0 Å². The highest BCUT2D eigenvalue weighted by Gasteiger charge is 2.40. The Morgan fingerprint density at radius 1 is 1.06 bits per heavy atom. The third-order valence-electron chi connectivity index (χ3n) is 6.97. The van der Waals surface area contributed by atoms with E-state index < -0.39 is 8.32 Å². The van der Waals surface area contributed by atoms with E-state index in [4.69, 9.17) is 13.9 Å². The first-order chi connectivity index (χ1) is 15.0. The SMILES string of the molecule is C[C@@H]1CC/C=C/[C@@H](COCc2ccccc2)OC(=O)[C@@H](C)CC[C@H]1O[Si](C)(C)C(C)(C)C. The lowest BCUT2D eigenvalue weighted by Gasteiger charge is -2.41. The Labute approximate surface area is 196 Å². The Hall–Kier alpha value is -1.43. The lowest BCUT2D eigenvalue weighted by Crippen LogP contribution is -2.45. The van der Waals surface area contributed by atoms with Gasteiger partial charge in [-0.3, -0.25) is 4.79 Å². The fourth-order valence-corrected chi connectivity index (χ4v) is 5.06. The molecule has 4 atom stereocenters. The molecule has 1 heterocycles. The van der Waals surface area contributed by atoms with Gasteiger partial charge in [0.15, 0.2) is 8.32 Å². The van der Waals surface area contributed by atoms with Gasteiger partial charge in [-0.05, 0) is 61.4 Å². The molecule has 1 aromatic carbocycles. The van der Waals surface area contributed by atoms with Crippen molar-refractivity contribution in [2.75, 3.05) is 6.61 Å². The standard InChI is InChI=1S/C27H44O4Si/c1-21-13-11-12-16-24(20-29-19-23-14-9-8-10-15-23)30-26(28)22(2)17-18-25(21)31-32(6,7)27(3,4)5/h8-10,12,14-16,21-22,24-25H,11,13,17-20H2,1-7H3/b16-12+/t21-,22+,24+,25-/m1/s1. The first-order valence-electron chi connectivity index (χ1n) is 12.2. The number of hydrogen-bond donors (Lipinski definition) is 0. The average molecular weight is 461 g/mol. The zero-order valence-corrected chi connectivity index (χ0v) is 22.2. The van der Waals surface area contributed by atoms with Gasteiger partial charge in [-0.15, -0.1) is 0 Å². The quantitative estimate of drug-likeness (QED) is 0.263. The number of carbonyl (C=O) groups excluding carboxylic acids is 1. The number of hydrogen-bond acceptors (Lipinski definition) is 4. The summed E-state index contributed by atoms with van der Waals surface area (Å²) in [6.07, 6.45) is 7.65. The largest absolute Gasteiger partial charge is 0.455 e. The minimum absolute atomic E-state index is 0.151. The molecule has 1 aromatic rings. The van der Waals surface area contributed by atoms with E-state index in [9.17, 15) is 4.79 Å². The maximum absolute atomic E-state index is 12.8. The predicted octanol–water partition coefficient (Wildman–Crippen LogP) is 6.91. The highest BCUT2D eigenvalue weighted by molar-refractivity contribution is 6.74. The third-order valence-corrected chi connectivity index (χ3v) is 11.5. The fraction of sp³-hybridized carbons (Fsp3) is 0.667. The summed E-state index contributed by atoms with van der Waals surface area (Å²) in [6.45, 7) is 16.6. The predicted molar refractivity (Wildman–Crippen MR) is 134 cm³/mol. The van der Waals surface area contributed by atoms with Gasteiger partial charge in [-0.25, -0.2) is 0 Å². The highest BCUT2D eigenvalue weighted by Crippen LogP contribution is 2.39. The van der Waals surface area contributed by atoms with Crippen LogP contribution in [0.25, 0.3) is 0 Å². The molecule has 0 saturated heterocycles. The second kappa shape index (κ2) is 12.1. The lowest BCUT2D eigenvalue weighted by molar-refractivity contribution is -0.154. The van der Waals surface area contributed by atoms with Gasteiger partial charge in [0.1, 0.15) is 6.10 Å². The molecular formula is C27H44O4Si. The fourth-order valence-electron chi connectivity index (χ4n) is 3.60. The van der Waals surface area contributed by atoms with Gasteiger partial charge in [0.2, 0.25) is 0 Å². The van der Waals surface area contributed by atoms with Gasteiger partial charge in [-0.1, -0.05) is 71.0 Å². The van der Waals surface area contributed by atoms with Crippen LogP contribution < -0.4 is 0 Å². The molecule has 4 nitrogen and oxygen atoms in total. The van der Waals surface area contributed by atoms with E-state index in [1.165, 1.54) is 0 Å². The van der Waals surface area contributed by atoms with Crippen molar-refractivity contribution in [1.82, 2.24) is 0 Å². The molecular weight excluding hydrogens is 416 g/mol. The molecule has 0 unspecified atom stereocenters. The minimum Gasteiger partial charge on any atom is -0.455 e. The van der Waals surface area contributed by atoms with Crippen LogP contribution in [0.5, 0.6) is 0 Å². The number of rotatable bonds is 6. The van der Waals surface area contributed by atoms with Crippen LogP contribution in [-0.4, -0.2) is 33.1 Å². The summed E-state index contributed by atoms with van der Waals surface area (Å²) in [6, 6.07) is 10.1. The summed E-state index contributed by atoms with van der Waals surface area (Å²) in [4.78, 5) is 12.8. The third kappa shape index (κ3) is 8.49. The number of allylic oxidation sites excluding steroid dienone is 1. The van der Waals surface area contributed by atoms with Crippen LogP contribution in [0.15, 0.2) is 42.5 Å². The normalized spacial score (nSPS) is 27.2. The summed E-state index contributed by atoms with van der Waals surface area (Å²) in [5, 5.41) is 0.174. The Balaban J connectivity index is 2.01. The molecule has 1 aliphatic rings. The number of benzene rings is 1. The molecule has 0 N–H and O–H groups in total. The van der Waals surface area contributed by atoms with Crippen LogP contribution >= 0.6 is 0 Å². The van der Waals surface area contributed by atoms with Gasteiger partial charge >= 0.3 is 5.97 Å². The van der Waals surface area contributed by atoms with E-state index in [1.807, 2.05) is 43.3 Å². The summed E-state index contributed by atoms with van der Waals surface area (Å²) in [5.41, 5.74) is 1.12. The second-order valence-corrected chi connectivity index (χ2v) is 15.6. The van der Waals surface area contributed by atoms with Crippen molar-refractivity contribution < 1.29 is 18.7 Å². The van der Waals surface area contributed by atoms with Gasteiger partial charge < -0.3 is 13.9 Å². The zero-order chi connectivity index (χ0) is 23.8. The molecule has 180 valence electrons. The van der Waals surface area contributed by atoms with Crippen molar-refractivity contribution in [1.29, 1.82) is 0 Å². The number of cyclic esters (lactones) is 1. The Morgan fingerprint density at radius 3 is 2.41 bits per heavy atom. The van der Waals surface area contributed by atoms with Gasteiger partial charge in [0.05, 0.1) is 19.1 Å². The maximum Gasteiger partial charge on any atom is 0.309 e. The summed E-state index contributed by atoms with van der Waals surface area (Å²) >= 11 is 0. The van der Waals surface area contributed by atoms with E-state index in [2.05, 4.69) is 46.9 Å². The Kier molecular flexibility index (Phi) is 10.2. The second-order valence-electron chi connectivity index (χ2n) is 10.9. The molecule has 0 radical (unpaired) electrons. The van der Waals surface area contributed by atoms with Crippen LogP contribution in [-0.2, 0) is 25.3 Å². The molecule has 0 saturated carbocycles. The smallest absolute Gasteiger partial charge is 0.309 e. The van der Waals surface area contributed by atoms with Crippen molar-refractivity contribution in [3.63, 3.8) is 0 Å². The molecule has 5 heteroatoms. The van der Waals surface area contributed by atoms with Crippen LogP contribution in [0.4, 0.5) is 0 Å². The molecule has 0 aliphatic carbocycles. The molecule has 2 rings (SSSR count). The molecule has 0 aromatic heterocycles. The van der Waals surface area contributed by atoms with Crippen LogP contribution in [0.3, 0.4) is 0 Å². The van der Waals surface area contributed by atoms with Crippen LogP contribution in [0.2, 0.25) is 18.1 Å². The number of ether oxygens (including phenoxy) is 2. The molecule has 32 heavy (non-hydrogen) atoms. The summed E-state index contributed by atoms with van der Waals surface area (Å²) in [5.74, 6) is 0.142. The van der Waals surface area contributed by atoms with Gasteiger partial charge in [0.25, 0.3) is 0 Å². The van der Waals surface area contributed by atoms with Crippen molar-refractivity contribution in [3.8, 4) is 0 Å². The first-order valence-corrected chi connectivity index (χ1v) is 15.1. The van der Waals surface area contributed by atoms with E-state index in [0.29, 0.717) is 19.1 Å². The molecule has 1 aliphatic heterocycles. The molecule has 0 amide bonds. The average Bonchev–Trinajstić information content (AvgIpc) is 2.72. The zero-order valence-electron chi connectivity index (χ0n) is 21.2.